The Kier molecular flexibility index (Phi) is 3.43. The molecule has 0 aromatic carbocycles. The van der Waals surface area contributed by atoms with E-state index in [9.17, 15) is 0 Å². The lowest BCUT2D eigenvalue weighted by molar-refractivity contribution is 0.0526. The Morgan fingerprint density at radius 2 is 1.75 bits per heavy atom. The molecule has 3 saturated heterocycles. The molecule has 3 aliphatic heterocycles. The van der Waals surface area contributed by atoms with E-state index in [1.54, 1.807) is 0 Å². The standard InChI is InChI=1S/C12H23N3S/c1-10-12(2-7-16-10)15-5-3-14(4-6-15)11-8-13-9-11/h10-13H,2-9H2,1H3. The fourth-order valence-electron chi connectivity index (χ4n) is 3.17. The molecule has 3 nitrogen and oxygen atoms in total. The van der Waals surface area contributed by atoms with Crippen molar-refractivity contribution in [1.82, 2.24) is 15.1 Å². The normalized spacial score (nSPS) is 38.8. The zero-order chi connectivity index (χ0) is 11.0. The smallest absolute Gasteiger partial charge is 0.0346 e. The number of hydrogen-bond acceptors (Lipinski definition) is 4. The average molecular weight is 241 g/mol. The molecule has 0 aromatic heterocycles. The van der Waals surface area contributed by atoms with Gasteiger partial charge in [0.2, 0.25) is 0 Å². The first kappa shape index (κ1) is 11.3. The summed E-state index contributed by atoms with van der Waals surface area (Å²) >= 11 is 2.16. The number of rotatable bonds is 2. The van der Waals surface area contributed by atoms with E-state index < -0.39 is 0 Å². The maximum atomic E-state index is 3.37. The Morgan fingerprint density at radius 3 is 2.25 bits per heavy atom. The second-order valence-electron chi connectivity index (χ2n) is 5.32. The molecule has 4 heteroatoms. The molecule has 0 saturated carbocycles. The van der Waals surface area contributed by atoms with E-state index >= 15 is 0 Å². The maximum Gasteiger partial charge on any atom is 0.0346 e. The van der Waals surface area contributed by atoms with E-state index in [1.807, 2.05) is 0 Å². The summed E-state index contributed by atoms with van der Waals surface area (Å²) in [5.74, 6) is 1.37. The first-order valence-corrected chi connectivity index (χ1v) is 7.70. The molecule has 1 N–H and O–H groups in total. The predicted octanol–water partition coefficient (Wildman–Crippen LogP) is 0.470. The first-order chi connectivity index (χ1) is 7.84. The van der Waals surface area contributed by atoms with Crippen LogP contribution < -0.4 is 5.32 Å². The molecule has 3 rings (SSSR count). The van der Waals surface area contributed by atoms with Crippen LogP contribution in [0.1, 0.15) is 13.3 Å². The Labute approximate surface area is 103 Å². The van der Waals surface area contributed by atoms with E-state index in [-0.39, 0.29) is 0 Å². The molecule has 2 atom stereocenters. The third-order valence-corrected chi connectivity index (χ3v) is 5.74. The van der Waals surface area contributed by atoms with Crippen LogP contribution in [0.3, 0.4) is 0 Å². The second-order valence-corrected chi connectivity index (χ2v) is 6.80. The Bertz CT molecular complexity index is 236. The largest absolute Gasteiger partial charge is 0.314 e. The van der Waals surface area contributed by atoms with Crippen LogP contribution in [-0.2, 0) is 0 Å². The molecule has 0 bridgehead atoms. The Morgan fingerprint density at radius 1 is 1.06 bits per heavy atom. The molecular formula is C12H23N3S. The third-order valence-electron chi connectivity index (χ3n) is 4.43. The van der Waals surface area contributed by atoms with E-state index in [4.69, 9.17) is 0 Å². The number of piperazine rings is 1. The minimum absolute atomic E-state index is 0.845. The molecule has 3 aliphatic rings. The van der Waals surface area contributed by atoms with Crippen molar-refractivity contribution < 1.29 is 0 Å². The summed E-state index contributed by atoms with van der Waals surface area (Å²) in [5.41, 5.74) is 0. The quantitative estimate of drug-likeness (QED) is 0.757. The van der Waals surface area contributed by atoms with Crippen LogP contribution in [0.4, 0.5) is 0 Å². The van der Waals surface area contributed by atoms with Crippen LogP contribution in [-0.4, -0.2) is 72.2 Å². The summed E-state index contributed by atoms with van der Waals surface area (Å²) in [5, 5.41) is 4.23. The van der Waals surface area contributed by atoms with Crippen molar-refractivity contribution in [2.45, 2.75) is 30.7 Å². The van der Waals surface area contributed by atoms with Crippen molar-refractivity contribution in [3.63, 3.8) is 0 Å². The summed E-state index contributed by atoms with van der Waals surface area (Å²) in [6.07, 6.45) is 1.41. The molecule has 2 unspecified atom stereocenters. The zero-order valence-electron chi connectivity index (χ0n) is 10.2. The van der Waals surface area contributed by atoms with Gasteiger partial charge >= 0.3 is 0 Å². The van der Waals surface area contributed by atoms with Crippen LogP contribution in [0.5, 0.6) is 0 Å². The SMILES string of the molecule is CC1SCCC1N1CCN(C2CNC2)CC1. The van der Waals surface area contributed by atoms with Gasteiger partial charge in [-0.05, 0) is 12.2 Å². The van der Waals surface area contributed by atoms with Gasteiger partial charge in [-0.1, -0.05) is 6.92 Å². The Balaban J connectivity index is 1.49. The molecule has 0 spiro atoms. The van der Waals surface area contributed by atoms with Crippen molar-refractivity contribution in [2.75, 3.05) is 45.0 Å². The molecular weight excluding hydrogens is 218 g/mol. The van der Waals surface area contributed by atoms with Crippen LogP contribution >= 0.6 is 11.8 Å². The van der Waals surface area contributed by atoms with E-state index in [1.165, 1.54) is 51.4 Å². The first-order valence-electron chi connectivity index (χ1n) is 6.65. The molecule has 16 heavy (non-hydrogen) atoms. The highest BCUT2D eigenvalue weighted by molar-refractivity contribution is 8.00. The monoisotopic (exact) mass is 241 g/mol. The van der Waals surface area contributed by atoms with E-state index in [2.05, 4.69) is 33.8 Å². The molecule has 92 valence electrons. The van der Waals surface area contributed by atoms with Crippen LogP contribution in [0.2, 0.25) is 0 Å². The summed E-state index contributed by atoms with van der Waals surface area (Å²) < 4.78 is 0. The van der Waals surface area contributed by atoms with Gasteiger partial charge in [0.05, 0.1) is 0 Å². The molecule has 0 amide bonds. The lowest BCUT2D eigenvalue weighted by Crippen LogP contribution is -2.62. The molecule has 3 heterocycles. The average Bonchev–Trinajstić information content (AvgIpc) is 2.63. The topological polar surface area (TPSA) is 18.5 Å². The number of nitrogens with zero attached hydrogens (tertiary/aromatic N) is 2. The van der Waals surface area contributed by atoms with Gasteiger partial charge in [0, 0.05) is 56.6 Å². The number of hydrogen-bond donors (Lipinski definition) is 1. The van der Waals surface area contributed by atoms with Crippen molar-refractivity contribution in [2.24, 2.45) is 0 Å². The fourth-order valence-corrected chi connectivity index (χ4v) is 4.45. The minimum atomic E-state index is 0.845. The van der Waals surface area contributed by atoms with Gasteiger partial charge in [-0.3, -0.25) is 9.80 Å². The molecule has 0 aromatic rings. The highest BCUT2D eigenvalue weighted by Crippen LogP contribution is 2.30. The summed E-state index contributed by atoms with van der Waals surface area (Å²) in [7, 11) is 0. The summed E-state index contributed by atoms with van der Waals surface area (Å²) in [6, 6.07) is 1.71. The maximum absolute atomic E-state index is 3.37. The van der Waals surface area contributed by atoms with Crippen molar-refractivity contribution >= 4 is 11.8 Å². The highest BCUT2D eigenvalue weighted by Gasteiger charge is 2.33. The van der Waals surface area contributed by atoms with E-state index in [0.29, 0.717) is 0 Å². The predicted molar refractivity (Wildman–Crippen MR) is 70.1 cm³/mol. The van der Waals surface area contributed by atoms with Crippen LogP contribution in [0.25, 0.3) is 0 Å². The summed E-state index contributed by atoms with van der Waals surface area (Å²) in [4.78, 5) is 5.42. The minimum Gasteiger partial charge on any atom is -0.314 e. The van der Waals surface area contributed by atoms with Gasteiger partial charge < -0.3 is 5.32 Å². The van der Waals surface area contributed by atoms with Crippen molar-refractivity contribution in [3.8, 4) is 0 Å². The Hall–Kier alpha value is 0.230. The highest BCUT2D eigenvalue weighted by atomic mass is 32.2. The van der Waals surface area contributed by atoms with Gasteiger partial charge in [-0.2, -0.15) is 11.8 Å². The van der Waals surface area contributed by atoms with Gasteiger partial charge in [-0.15, -0.1) is 0 Å². The van der Waals surface area contributed by atoms with Crippen LogP contribution in [0, 0.1) is 0 Å². The second kappa shape index (κ2) is 4.84. The van der Waals surface area contributed by atoms with Crippen molar-refractivity contribution in [1.29, 1.82) is 0 Å². The molecule has 3 fully saturated rings. The fraction of sp³-hybridized carbons (Fsp3) is 1.00. The molecule has 0 aliphatic carbocycles. The number of thioether (sulfide) groups is 1. The zero-order valence-corrected chi connectivity index (χ0v) is 11.0. The van der Waals surface area contributed by atoms with Gasteiger partial charge in [0.1, 0.15) is 0 Å². The summed E-state index contributed by atoms with van der Waals surface area (Å²) in [6.45, 7) is 10.0. The lowest BCUT2D eigenvalue weighted by Gasteiger charge is -2.45. The van der Waals surface area contributed by atoms with Crippen molar-refractivity contribution in [3.05, 3.63) is 0 Å². The molecule has 0 radical (unpaired) electrons. The lowest BCUT2D eigenvalue weighted by atomic mass is 10.1. The van der Waals surface area contributed by atoms with Crippen LogP contribution in [0.15, 0.2) is 0 Å². The number of nitrogens with one attached hydrogen (secondary N) is 1. The van der Waals surface area contributed by atoms with E-state index in [0.717, 1.165) is 17.3 Å². The van der Waals surface area contributed by atoms with Gasteiger partial charge in [0.25, 0.3) is 0 Å². The van der Waals surface area contributed by atoms with Gasteiger partial charge in [-0.25, -0.2) is 0 Å². The van der Waals surface area contributed by atoms with Gasteiger partial charge in [0.15, 0.2) is 0 Å². The third kappa shape index (κ3) is 2.13.